The van der Waals surface area contributed by atoms with Crippen molar-refractivity contribution in [3.63, 3.8) is 0 Å². The fraction of sp³-hybridized carbons (Fsp3) is 0.0625. The Morgan fingerprint density at radius 3 is 2.37 bits per heavy atom. The Morgan fingerprint density at radius 2 is 1.74 bits per heavy atom. The molecule has 8 nitrogen and oxygen atoms in total. The molecule has 2 rings (SSSR count). The monoisotopic (exact) mass is 470 g/mol. The van der Waals surface area contributed by atoms with Crippen LogP contribution >= 0.6 is 39.7 Å². The minimum Gasteiger partial charge on any atom is -0.298 e. The number of hydrogen-bond acceptors (Lipinski definition) is 5. The molecule has 0 spiro atoms. The van der Waals surface area contributed by atoms with Crippen molar-refractivity contribution in [3.05, 3.63) is 72.7 Å². The molecule has 0 saturated carbocycles. The van der Waals surface area contributed by atoms with E-state index < -0.39 is 22.4 Å². The second-order valence-electron chi connectivity index (χ2n) is 5.25. The number of nitro groups is 1. The van der Waals surface area contributed by atoms with E-state index in [1.807, 2.05) is 6.92 Å². The van der Waals surface area contributed by atoms with Crippen LogP contribution in [0.15, 0.2) is 40.9 Å². The standard InChI is InChI=1S/C16H12BrClN4O4S/c1-8-2-3-9(6-11(8)17)15(24)20-21-16(27)19-14(23)10-4-5-12(18)13(7-10)22(25)26/h2-7H,1H3,(H,20,24)(H2,19,21,23,27). The number of benzene rings is 2. The van der Waals surface area contributed by atoms with Crippen LogP contribution in [0.2, 0.25) is 5.02 Å². The molecule has 0 aromatic heterocycles. The van der Waals surface area contributed by atoms with Crippen LogP contribution < -0.4 is 16.2 Å². The number of rotatable bonds is 3. The molecular formula is C16H12BrClN4O4S. The number of halogens is 2. The normalized spacial score (nSPS) is 10.0. The molecule has 2 aromatic rings. The highest BCUT2D eigenvalue weighted by Crippen LogP contribution is 2.25. The third kappa shape index (κ3) is 5.46. The molecule has 0 unspecified atom stereocenters. The predicted octanol–water partition coefficient (Wildman–Crippen LogP) is 3.27. The molecule has 0 aliphatic rings. The Balaban J connectivity index is 1.96. The number of hydrazine groups is 1. The minimum atomic E-state index is -0.699. The third-order valence-corrected chi connectivity index (χ3v) is 4.73. The van der Waals surface area contributed by atoms with Crippen molar-refractivity contribution in [1.29, 1.82) is 0 Å². The van der Waals surface area contributed by atoms with Gasteiger partial charge in [0.25, 0.3) is 17.5 Å². The molecule has 11 heteroatoms. The lowest BCUT2D eigenvalue weighted by atomic mass is 10.1. The van der Waals surface area contributed by atoms with E-state index in [-0.39, 0.29) is 15.7 Å². The van der Waals surface area contributed by atoms with Crippen molar-refractivity contribution >= 4 is 62.4 Å². The molecule has 0 aliphatic carbocycles. The van der Waals surface area contributed by atoms with Crippen LogP contribution in [0.3, 0.4) is 0 Å². The van der Waals surface area contributed by atoms with Crippen LogP contribution in [0.4, 0.5) is 5.69 Å². The highest BCUT2D eigenvalue weighted by atomic mass is 79.9. The molecule has 0 atom stereocenters. The molecular weight excluding hydrogens is 460 g/mol. The Bertz CT molecular complexity index is 954. The number of nitrogens with one attached hydrogen (secondary N) is 3. The van der Waals surface area contributed by atoms with Gasteiger partial charge in [0.1, 0.15) is 5.02 Å². The molecule has 0 saturated heterocycles. The molecule has 0 bridgehead atoms. The average molecular weight is 472 g/mol. The number of nitro benzene ring substituents is 1. The maximum Gasteiger partial charge on any atom is 0.288 e. The van der Waals surface area contributed by atoms with E-state index in [4.69, 9.17) is 23.8 Å². The van der Waals surface area contributed by atoms with Gasteiger partial charge in [-0.1, -0.05) is 33.6 Å². The van der Waals surface area contributed by atoms with E-state index >= 15 is 0 Å². The van der Waals surface area contributed by atoms with Gasteiger partial charge in [-0.25, -0.2) is 0 Å². The fourth-order valence-electron chi connectivity index (χ4n) is 1.92. The maximum absolute atomic E-state index is 12.1. The summed E-state index contributed by atoms with van der Waals surface area (Å²) in [6.45, 7) is 1.88. The molecule has 0 fully saturated rings. The summed E-state index contributed by atoms with van der Waals surface area (Å²) in [6, 6.07) is 8.62. The fourth-order valence-corrected chi connectivity index (χ4v) is 2.63. The molecule has 0 radical (unpaired) electrons. The first-order chi connectivity index (χ1) is 12.7. The van der Waals surface area contributed by atoms with E-state index in [9.17, 15) is 19.7 Å². The number of amides is 2. The zero-order chi connectivity index (χ0) is 20.1. The first kappa shape index (κ1) is 20.7. The SMILES string of the molecule is Cc1ccc(C(=O)NNC(=S)NC(=O)c2ccc(Cl)c([N+](=O)[O-])c2)cc1Br. The lowest BCUT2D eigenvalue weighted by Crippen LogP contribution is -2.48. The summed E-state index contributed by atoms with van der Waals surface area (Å²) >= 11 is 14.0. The molecule has 140 valence electrons. The molecule has 0 heterocycles. The number of aryl methyl sites for hydroxylation is 1. The van der Waals surface area contributed by atoms with Crippen molar-refractivity contribution in [1.82, 2.24) is 16.2 Å². The smallest absolute Gasteiger partial charge is 0.288 e. The predicted molar refractivity (Wildman–Crippen MR) is 108 cm³/mol. The highest BCUT2D eigenvalue weighted by molar-refractivity contribution is 9.10. The minimum absolute atomic E-state index is 0.0101. The van der Waals surface area contributed by atoms with Gasteiger partial charge < -0.3 is 0 Å². The second kappa shape index (κ2) is 8.89. The van der Waals surface area contributed by atoms with E-state index in [2.05, 4.69) is 32.1 Å². The zero-order valence-electron chi connectivity index (χ0n) is 13.7. The van der Waals surface area contributed by atoms with Gasteiger partial charge in [-0.05, 0) is 49.0 Å². The highest BCUT2D eigenvalue weighted by Gasteiger charge is 2.17. The topological polar surface area (TPSA) is 113 Å². The lowest BCUT2D eigenvalue weighted by molar-refractivity contribution is -0.384. The Hall–Kier alpha value is -2.56. The summed E-state index contributed by atoms with van der Waals surface area (Å²) in [6.07, 6.45) is 0. The van der Waals surface area contributed by atoms with Gasteiger partial charge in [0, 0.05) is 21.7 Å². The number of hydrogen-bond donors (Lipinski definition) is 3. The molecule has 2 aromatic carbocycles. The largest absolute Gasteiger partial charge is 0.298 e. The van der Waals surface area contributed by atoms with E-state index in [0.29, 0.717) is 5.56 Å². The Morgan fingerprint density at radius 1 is 1.11 bits per heavy atom. The summed E-state index contributed by atoms with van der Waals surface area (Å²) < 4.78 is 0.773. The van der Waals surface area contributed by atoms with Crippen LogP contribution in [0.1, 0.15) is 26.3 Å². The van der Waals surface area contributed by atoms with Crippen molar-refractivity contribution in [2.45, 2.75) is 6.92 Å². The average Bonchev–Trinajstić information content (AvgIpc) is 2.62. The van der Waals surface area contributed by atoms with Crippen LogP contribution in [0.5, 0.6) is 0 Å². The van der Waals surface area contributed by atoms with Crippen molar-refractivity contribution < 1.29 is 14.5 Å². The van der Waals surface area contributed by atoms with Crippen LogP contribution in [0.25, 0.3) is 0 Å². The summed E-state index contributed by atoms with van der Waals surface area (Å²) in [4.78, 5) is 34.4. The van der Waals surface area contributed by atoms with Gasteiger partial charge >= 0.3 is 0 Å². The van der Waals surface area contributed by atoms with Crippen LogP contribution in [-0.4, -0.2) is 21.9 Å². The summed E-state index contributed by atoms with van der Waals surface area (Å²) in [5.41, 5.74) is 5.67. The van der Waals surface area contributed by atoms with Gasteiger partial charge in [-0.15, -0.1) is 0 Å². The first-order valence-corrected chi connectivity index (χ1v) is 8.88. The van der Waals surface area contributed by atoms with Gasteiger partial charge in [-0.3, -0.25) is 35.9 Å². The summed E-state index contributed by atoms with van der Waals surface area (Å²) in [5, 5.41) is 12.9. The first-order valence-electron chi connectivity index (χ1n) is 7.31. The molecule has 27 heavy (non-hydrogen) atoms. The van der Waals surface area contributed by atoms with Gasteiger partial charge in [-0.2, -0.15) is 0 Å². The van der Waals surface area contributed by atoms with Crippen molar-refractivity contribution in [2.75, 3.05) is 0 Å². The Labute approximate surface area is 172 Å². The third-order valence-electron chi connectivity index (χ3n) is 3.36. The molecule has 3 N–H and O–H groups in total. The molecule has 0 aliphatic heterocycles. The Kier molecular flexibility index (Phi) is 6.83. The lowest BCUT2D eigenvalue weighted by Gasteiger charge is -2.11. The van der Waals surface area contributed by atoms with Gasteiger partial charge in [0.2, 0.25) is 0 Å². The van der Waals surface area contributed by atoms with Crippen LogP contribution in [0, 0.1) is 17.0 Å². The van der Waals surface area contributed by atoms with E-state index in [1.54, 1.807) is 18.2 Å². The van der Waals surface area contributed by atoms with E-state index in [0.717, 1.165) is 16.1 Å². The van der Waals surface area contributed by atoms with Crippen LogP contribution in [-0.2, 0) is 0 Å². The van der Waals surface area contributed by atoms with Crippen molar-refractivity contribution in [3.8, 4) is 0 Å². The second-order valence-corrected chi connectivity index (χ2v) is 6.92. The summed E-state index contributed by atoms with van der Waals surface area (Å²) in [7, 11) is 0. The number of carbonyl (C=O) groups excluding carboxylic acids is 2. The molecule has 2 amide bonds. The van der Waals surface area contributed by atoms with Crippen molar-refractivity contribution in [2.24, 2.45) is 0 Å². The van der Waals surface area contributed by atoms with Gasteiger partial charge in [0.15, 0.2) is 5.11 Å². The summed E-state index contributed by atoms with van der Waals surface area (Å²) in [5.74, 6) is -1.16. The maximum atomic E-state index is 12.1. The van der Waals surface area contributed by atoms with Gasteiger partial charge in [0.05, 0.1) is 4.92 Å². The zero-order valence-corrected chi connectivity index (χ0v) is 16.9. The number of nitrogens with zero attached hydrogens (tertiary/aromatic N) is 1. The number of carbonyl (C=O) groups is 2. The number of thiocarbonyl (C=S) groups is 1. The quantitative estimate of drug-likeness (QED) is 0.360. The van der Waals surface area contributed by atoms with E-state index in [1.165, 1.54) is 12.1 Å².